The van der Waals surface area contributed by atoms with Gasteiger partial charge in [0.2, 0.25) is 0 Å². The van der Waals surface area contributed by atoms with Crippen molar-refractivity contribution in [1.29, 1.82) is 0 Å². The first-order chi connectivity index (χ1) is 3.35. The maximum absolute atomic E-state index is 2.21. The lowest BCUT2D eigenvalue weighted by Crippen LogP contribution is -2.01. The van der Waals surface area contributed by atoms with Gasteiger partial charge in [0.1, 0.15) is 0 Å². The average Bonchev–Trinajstić information content (AvgIpc) is 1.72. The highest BCUT2D eigenvalue weighted by molar-refractivity contribution is 8.11. The Morgan fingerprint density at radius 3 is 1.71 bits per heavy atom. The van der Waals surface area contributed by atoms with E-state index >= 15 is 0 Å². The zero-order chi connectivity index (χ0) is 5.70. The molecule has 7 heavy (non-hydrogen) atoms. The van der Waals surface area contributed by atoms with Gasteiger partial charge in [-0.2, -0.15) is 3.71 Å². The smallest absolute Gasteiger partial charge is 0.0174 e. The van der Waals surface area contributed by atoms with Crippen molar-refractivity contribution in [2.75, 3.05) is 19.1 Å². The van der Waals surface area contributed by atoms with Crippen molar-refractivity contribution < 1.29 is 0 Å². The topological polar surface area (TPSA) is 3.24 Å². The largest absolute Gasteiger partial charge is 0.195 e. The van der Waals surface area contributed by atoms with Crippen LogP contribution in [0.5, 0.6) is 0 Å². The molecule has 0 heterocycles. The maximum atomic E-state index is 2.21. The summed E-state index contributed by atoms with van der Waals surface area (Å²) in [5, 5.41) is 0. The normalized spacial score (nSPS) is 10.3. The lowest BCUT2D eigenvalue weighted by Gasteiger charge is -2.10. The van der Waals surface area contributed by atoms with E-state index in [1.54, 1.807) is 23.9 Å². The molecule has 3 heteroatoms. The zero-order valence-electron chi connectivity index (χ0n) is 4.97. The molecule has 0 bridgehead atoms. The molecule has 0 aliphatic rings. The lowest BCUT2D eigenvalue weighted by molar-refractivity contribution is 0.794. The van der Waals surface area contributed by atoms with Crippen LogP contribution in [0.15, 0.2) is 0 Å². The van der Waals surface area contributed by atoms with E-state index in [0.29, 0.717) is 0 Å². The molecule has 0 unspecified atom stereocenters. The van der Waals surface area contributed by atoms with Crippen LogP contribution in [0.3, 0.4) is 0 Å². The van der Waals surface area contributed by atoms with Crippen LogP contribution in [0.4, 0.5) is 0 Å². The highest BCUT2D eigenvalue weighted by Crippen LogP contribution is 2.13. The van der Waals surface area contributed by atoms with Crippen LogP contribution >= 0.6 is 23.9 Å². The van der Waals surface area contributed by atoms with Gasteiger partial charge >= 0.3 is 0 Å². The molecule has 0 atom stereocenters. The van der Waals surface area contributed by atoms with Crippen LogP contribution in [-0.2, 0) is 0 Å². The number of nitrogens with zero attached hydrogens (tertiary/aromatic N) is 1. The first kappa shape index (κ1) is 7.66. The van der Waals surface area contributed by atoms with Crippen molar-refractivity contribution in [1.82, 2.24) is 3.71 Å². The minimum Gasteiger partial charge on any atom is -0.195 e. The minimum absolute atomic E-state index is 1.11. The highest BCUT2D eigenvalue weighted by atomic mass is 32.2. The minimum atomic E-state index is 1.11. The van der Waals surface area contributed by atoms with Crippen LogP contribution in [-0.4, -0.2) is 22.8 Å². The predicted octanol–water partition coefficient (Wildman–Crippen LogP) is 1.86. The van der Waals surface area contributed by atoms with Crippen molar-refractivity contribution in [3.63, 3.8) is 0 Å². The molecule has 0 saturated heterocycles. The average molecular weight is 137 g/mol. The third-order valence-electron chi connectivity index (χ3n) is 0.665. The molecule has 0 aromatic rings. The Bertz CT molecular complexity index is 31.2. The van der Waals surface area contributed by atoms with E-state index in [4.69, 9.17) is 0 Å². The van der Waals surface area contributed by atoms with Crippen molar-refractivity contribution in [3.8, 4) is 0 Å². The summed E-state index contributed by atoms with van der Waals surface area (Å²) >= 11 is 3.53. The summed E-state index contributed by atoms with van der Waals surface area (Å²) in [5.41, 5.74) is 0. The molecule has 0 aliphatic carbocycles. The van der Waals surface area contributed by atoms with E-state index < -0.39 is 0 Å². The third-order valence-corrected chi connectivity index (χ3v) is 2.89. The van der Waals surface area contributed by atoms with Gasteiger partial charge in [0, 0.05) is 6.54 Å². The van der Waals surface area contributed by atoms with E-state index in [1.807, 2.05) is 0 Å². The number of hydrogen-bond donors (Lipinski definition) is 0. The molecule has 44 valence electrons. The number of rotatable bonds is 3. The van der Waals surface area contributed by atoms with Crippen LogP contribution in [0.2, 0.25) is 0 Å². The summed E-state index contributed by atoms with van der Waals surface area (Å²) in [7, 11) is 0. The second kappa shape index (κ2) is 4.81. The Morgan fingerprint density at radius 2 is 1.71 bits per heavy atom. The van der Waals surface area contributed by atoms with E-state index in [9.17, 15) is 0 Å². The van der Waals surface area contributed by atoms with Gasteiger partial charge in [0.15, 0.2) is 0 Å². The molecule has 0 radical (unpaired) electrons. The Hall–Kier alpha value is 0.660. The Morgan fingerprint density at radius 1 is 1.29 bits per heavy atom. The van der Waals surface area contributed by atoms with E-state index in [1.165, 1.54) is 0 Å². The molecular formula is C4H11NS2. The lowest BCUT2D eigenvalue weighted by atomic mass is 10.8. The van der Waals surface area contributed by atoms with Crippen LogP contribution in [0.1, 0.15) is 6.92 Å². The van der Waals surface area contributed by atoms with Gasteiger partial charge in [-0.25, -0.2) is 0 Å². The summed E-state index contributed by atoms with van der Waals surface area (Å²) in [6.07, 6.45) is 4.17. The van der Waals surface area contributed by atoms with Gasteiger partial charge in [-0.15, -0.1) is 0 Å². The summed E-state index contributed by atoms with van der Waals surface area (Å²) in [6, 6.07) is 0. The van der Waals surface area contributed by atoms with Gasteiger partial charge in [0.25, 0.3) is 0 Å². The Kier molecular flexibility index (Phi) is 5.26. The van der Waals surface area contributed by atoms with E-state index in [2.05, 4.69) is 23.1 Å². The highest BCUT2D eigenvalue weighted by Gasteiger charge is 1.91. The first-order valence-electron chi connectivity index (χ1n) is 2.20. The molecule has 0 spiro atoms. The van der Waals surface area contributed by atoms with Gasteiger partial charge < -0.3 is 0 Å². The second-order valence-electron chi connectivity index (χ2n) is 1.01. The number of hydrogen-bond acceptors (Lipinski definition) is 3. The van der Waals surface area contributed by atoms with Gasteiger partial charge in [-0.05, 0) is 12.5 Å². The zero-order valence-corrected chi connectivity index (χ0v) is 6.60. The molecule has 0 amide bonds. The van der Waals surface area contributed by atoms with Crippen molar-refractivity contribution in [2.24, 2.45) is 0 Å². The van der Waals surface area contributed by atoms with Crippen LogP contribution in [0.25, 0.3) is 0 Å². The van der Waals surface area contributed by atoms with Gasteiger partial charge in [-0.3, -0.25) is 0 Å². The molecule has 0 aromatic carbocycles. The standard InChI is InChI=1S/C4H11NS2/c1-4-5(6-2)7-3/h4H2,1-3H3. The molecule has 0 rings (SSSR count). The van der Waals surface area contributed by atoms with Crippen molar-refractivity contribution in [2.45, 2.75) is 6.92 Å². The molecule has 0 N–H and O–H groups in total. The third kappa shape index (κ3) is 3.26. The summed E-state index contributed by atoms with van der Waals surface area (Å²) < 4.78 is 2.21. The molecule has 0 fully saturated rings. The molecule has 1 nitrogen and oxygen atoms in total. The Balaban J connectivity index is 2.99. The molecule has 0 aromatic heterocycles. The fraction of sp³-hybridized carbons (Fsp3) is 1.00. The van der Waals surface area contributed by atoms with Crippen molar-refractivity contribution >= 4 is 23.9 Å². The summed E-state index contributed by atoms with van der Waals surface area (Å²) in [4.78, 5) is 0. The van der Waals surface area contributed by atoms with Gasteiger partial charge in [-0.1, -0.05) is 30.8 Å². The Labute approximate surface area is 54.1 Å². The maximum Gasteiger partial charge on any atom is 0.0174 e. The quantitative estimate of drug-likeness (QED) is 0.547. The van der Waals surface area contributed by atoms with Gasteiger partial charge in [0.05, 0.1) is 0 Å². The second-order valence-corrected chi connectivity index (χ2v) is 2.86. The van der Waals surface area contributed by atoms with E-state index in [-0.39, 0.29) is 0 Å². The predicted molar refractivity (Wildman–Crippen MR) is 39.4 cm³/mol. The summed E-state index contributed by atoms with van der Waals surface area (Å²) in [5.74, 6) is 0. The molecular weight excluding hydrogens is 126 g/mol. The van der Waals surface area contributed by atoms with Crippen molar-refractivity contribution in [3.05, 3.63) is 0 Å². The first-order valence-corrected chi connectivity index (χ1v) is 4.57. The fourth-order valence-corrected chi connectivity index (χ4v) is 1.45. The SMILES string of the molecule is CCN(SC)SC. The van der Waals surface area contributed by atoms with Crippen LogP contribution in [0, 0.1) is 0 Å². The van der Waals surface area contributed by atoms with E-state index in [0.717, 1.165) is 6.54 Å². The molecule has 0 saturated carbocycles. The fourth-order valence-electron chi connectivity index (χ4n) is 0.333. The molecule has 0 aliphatic heterocycles. The van der Waals surface area contributed by atoms with Crippen LogP contribution < -0.4 is 0 Å². The monoisotopic (exact) mass is 137 g/mol. The summed E-state index contributed by atoms with van der Waals surface area (Å²) in [6.45, 7) is 3.26.